The summed E-state index contributed by atoms with van der Waals surface area (Å²) in [5.74, 6) is -6.37. The second-order valence-corrected chi connectivity index (χ2v) is 11.4. The van der Waals surface area contributed by atoms with Gasteiger partial charge in [-0.25, -0.2) is 40.9 Å². The molecule has 45 heavy (non-hydrogen) atoms. The van der Waals surface area contributed by atoms with Crippen molar-refractivity contribution in [3.63, 3.8) is 0 Å². The number of methoxy groups -OCH3 is 1. The van der Waals surface area contributed by atoms with Crippen molar-refractivity contribution < 1.29 is 41.7 Å². The van der Waals surface area contributed by atoms with E-state index in [2.05, 4.69) is 15.0 Å². The first-order valence-electron chi connectivity index (χ1n) is 13.7. The number of hydrogen-bond acceptors (Lipinski definition) is 9. The Balaban J connectivity index is 1.51. The van der Waals surface area contributed by atoms with Crippen LogP contribution in [0.15, 0.2) is 59.9 Å². The van der Waals surface area contributed by atoms with Crippen molar-refractivity contribution >= 4 is 44.1 Å². The number of rotatable bonds is 8. The van der Waals surface area contributed by atoms with Crippen LogP contribution in [0.5, 0.6) is 5.88 Å². The Morgan fingerprint density at radius 3 is 2.33 bits per heavy atom. The van der Waals surface area contributed by atoms with Gasteiger partial charge in [-0.15, -0.1) is 0 Å². The van der Waals surface area contributed by atoms with E-state index < -0.39 is 43.9 Å². The number of carbonyl (C=O) groups excluding carboxylic acids is 2. The summed E-state index contributed by atoms with van der Waals surface area (Å²) in [6.45, 7) is 2.22. The number of amides is 1. The van der Waals surface area contributed by atoms with Crippen molar-refractivity contribution in [1.82, 2.24) is 19.9 Å². The topological polar surface area (TPSA) is 135 Å². The molecule has 1 fully saturated rings. The highest BCUT2D eigenvalue weighted by atomic mass is 32.2. The molecule has 1 aliphatic rings. The summed E-state index contributed by atoms with van der Waals surface area (Å²) in [5, 5.41) is -0.0573. The third-order valence-corrected chi connectivity index (χ3v) is 8.27. The highest BCUT2D eigenvalue weighted by molar-refractivity contribution is 7.92. The van der Waals surface area contributed by atoms with Gasteiger partial charge in [0.2, 0.25) is 11.8 Å². The molecule has 5 rings (SSSR count). The number of nitrogens with zero attached hydrogens (tertiary/aromatic N) is 5. The number of allylic oxidation sites excluding steroid dienone is 1. The van der Waals surface area contributed by atoms with Crippen LogP contribution in [0.3, 0.4) is 0 Å². The number of fused-ring (bicyclic) bond motifs is 1. The Bertz CT molecular complexity index is 2000. The fourth-order valence-corrected chi connectivity index (χ4v) is 5.92. The molecular weight excluding hydrogens is 620 g/mol. The summed E-state index contributed by atoms with van der Waals surface area (Å²) < 4.78 is 99.4. The van der Waals surface area contributed by atoms with Gasteiger partial charge in [0.25, 0.3) is 10.0 Å². The number of nitrogens with one attached hydrogen (secondary N) is 1. The summed E-state index contributed by atoms with van der Waals surface area (Å²) >= 11 is 0. The molecule has 3 heterocycles. The van der Waals surface area contributed by atoms with E-state index in [-0.39, 0.29) is 90.0 Å². The van der Waals surface area contributed by atoms with E-state index in [0.717, 1.165) is 13.2 Å². The van der Waals surface area contributed by atoms with E-state index >= 15 is 4.39 Å². The van der Waals surface area contributed by atoms with E-state index in [1.165, 1.54) is 42.3 Å². The fraction of sp³-hybridized carbons (Fsp3) is 0.207. The lowest BCUT2D eigenvalue weighted by atomic mass is 10.0. The van der Waals surface area contributed by atoms with Crippen LogP contribution in [0.4, 0.5) is 29.1 Å². The Morgan fingerprint density at radius 2 is 1.69 bits per heavy atom. The molecule has 234 valence electrons. The maximum Gasteiger partial charge on any atom is 0.267 e. The van der Waals surface area contributed by atoms with E-state index in [1.54, 1.807) is 4.90 Å². The number of sulfonamides is 1. The van der Waals surface area contributed by atoms with Gasteiger partial charge in [-0.3, -0.25) is 14.3 Å². The molecule has 1 N–H and O–H groups in total. The van der Waals surface area contributed by atoms with Crippen LogP contribution in [0.2, 0.25) is 0 Å². The molecule has 0 atom stereocenters. The number of carbonyl (C=O) groups is 2. The lowest BCUT2D eigenvalue weighted by Gasteiger charge is -2.35. The molecule has 1 amide bonds. The van der Waals surface area contributed by atoms with Crippen LogP contribution >= 0.6 is 0 Å². The van der Waals surface area contributed by atoms with E-state index in [9.17, 15) is 31.2 Å². The minimum atomic E-state index is -4.99. The Morgan fingerprint density at radius 1 is 1.00 bits per heavy atom. The second-order valence-electron chi connectivity index (χ2n) is 9.81. The number of ether oxygens (including phenoxy) is 1. The number of ketones is 1. The first kappa shape index (κ1) is 29.9. The van der Waals surface area contributed by atoms with Crippen LogP contribution in [0, 0.1) is 23.3 Å². The van der Waals surface area contributed by atoms with Crippen molar-refractivity contribution in [3.05, 3.63) is 78.3 Å². The normalized spacial score (nSPS) is 14.1. The first-order chi connectivity index (χ1) is 21.8. The largest absolute Gasteiger partial charge is 0.480 e. The molecule has 1 aliphatic heterocycles. The zero-order valence-electron chi connectivity index (χ0n) is 24.6. The predicted octanol–water partition coefficient (Wildman–Crippen LogP) is 3.85. The standard InChI is InChI=1S/C29H24F4N6O5S/c1-16(40)3-6-24(41)38-7-9-39(10-8-38)28-25-22(35-15-36-28)5-4-19(26(25)33)17-11-23(29(44-2)34-14-17)37-45(42,43)27-20(31)12-18(30)13-21(27)32/h3-6,11-15,37H,7-10H2,1-2H3/b6-3+/i15D. The van der Waals surface area contributed by atoms with Crippen LogP contribution < -0.4 is 14.4 Å². The van der Waals surface area contributed by atoms with Gasteiger partial charge in [0.15, 0.2) is 10.7 Å². The average Bonchev–Trinajstić information content (AvgIpc) is 2.98. The maximum atomic E-state index is 16.3. The van der Waals surface area contributed by atoms with Crippen LogP contribution in [0.1, 0.15) is 8.29 Å². The van der Waals surface area contributed by atoms with Gasteiger partial charge in [0.05, 0.1) is 18.0 Å². The Kier molecular flexibility index (Phi) is 8.30. The number of pyridine rings is 1. The highest BCUT2D eigenvalue weighted by Gasteiger charge is 2.28. The van der Waals surface area contributed by atoms with Crippen molar-refractivity contribution in [2.24, 2.45) is 0 Å². The Hall–Kier alpha value is -5.12. The van der Waals surface area contributed by atoms with Crippen molar-refractivity contribution in [2.75, 3.05) is 42.9 Å². The molecule has 0 radical (unpaired) electrons. The van der Waals surface area contributed by atoms with Gasteiger partial charge in [0, 0.05) is 61.7 Å². The van der Waals surface area contributed by atoms with Crippen molar-refractivity contribution in [3.8, 4) is 17.0 Å². The maximum absolute atomic E-state index is 16.3. The average molecular weight is 646 g/mol. The Labute approximate surface area is 255 Å². The summed E-state index contributed by atoms with van der Waals surface area (Å²) in [6.07, 6.45) is 3.15. The summed E-state index contributed by atoms with van der Waals surface area (Å²) in [7, 11) is -3.83. The van der Waals surface area contributed by atoms with Gasteiger partial charge in [-0.05, 0) is 31.2 Å². The molecule has 0 saturated carbocycles. The van der Waals surface area contributed by atoms with Gasteiger partial charge >= 0.3 is 0 Å². The molecule has 0 aliphatic carbocycles. The minimum absolute atomic E-state index is 0.0199. The molecular formula is C29H24F4N6O5S. The zero-order valence-corrected chi connectivity index (χ0v) is 24.5. The smallest absolute Gasteiger partial charge is 0.267 e. The minimum Gasteiger partial charge on any atom is -0.480 e. The van der Waals surface area contributed by atoms with Gasteiger partial charge in [-0.2, -0.15) is 0 Å². The predicted molar refractivity (Wildman–Crippen MR) is 155 cm³/mol. The molecule has 4 aromatic rings. The zero-order chi connectivity index (χ0) is 33.3. The number of aromatic nitrogens is 3. The summed E-state index contributed by atoms with van der Waals surface area (Å²) in [6, 6.07) is 4.30. The third kappa shape index (κ3) is 6.40. The number of halogens is 4. The third-order valence-electron chi connectivity index (χ3n) is 6.85. The molecule has 16 heteroatoms. The molecule has 2 aromatic carbocycles. The van der Waals surface area contributed by atoms with Gasteiger partial charge in [0.1, 0.15) is 42.4 Å². The van der Waals surface area contributed by atoms with Crippen molar-refractivity contribution in [2.45, 2.75) is 11.8 Å². The first-order valence-corrected chi connectivity index (χ1v) is 14.7. The monoisotopic (exact) mass is 645 g/mol. The number of benzene rings is 2. The molecule has 0 bridgehead atoms. The molecule has 11 nitrogen and oxygen atoms in total. The van der Waals surface area contributed by atoms with E-state index in [1.807, 2.05) is 4.72 Å². The van der Waals surface area contributed by atoms with E-state index in [0.29, 0.717) is 0 Å². The van der Waals surface area contributed by atoms with E-state index in [4.69, 9.17) is 6.11 Å². The van der Waals surface area contributed by atoms with Crippen LogP contribution in [-0.4, -0.2) is 73.2 Å². The SMILES string of the molecule is [2H]c1nc(N2CCN(C(=O)/C=C/C(C)=O)CC2)c2c(F)c(-c3cnc(OC)c(NS(=O)(=O)c4c(F)cc(F)cc4F)c3)ccc2n1. The van der Waals surface area contributed by atoms with Crippen LogP contribution in [0.25, 0.3) is 22.0 Å². The van der Waals surface area contributed by atoms with Crippen molar-refractivity contribution in [1.29, 1.82) is 0 Å². The summed E-state index contributed by atoms with van der Waals surface area (Å²) in [4.78, 5) is 37.5. The number of hydrogen-bond donors (Lipinski definition) is 1. The number of piperazine rings is 1. The van der Waals surface area contributed by atoms with Crippen LogP contribution in [-0.2, 0) is 19.6 Å². The molecule has 1 saturated heterocycles. The second kappa shape index (κ2) is 12.5. The summed E-state index contributed by atoms with van der Waals surface area (Å²) in [5.41, 5.74) is -0.372. The van der Waals surface area contributed by atoms with Gasteiger partial charge < -0.3 is 14.5 Å². The lowest BCUT2D eigenvalue weighted by molar-refractivity contribution is -0.126. The fourth-order valence-electron chi connectivity index (χ4n) is 4.76. The lowest BCUT2D eigenvalue weighted by Crippen LogP contribution is -2.48. The molecule has 2 aromatic heterocycles. The van der Waals surface area contributed by atoms with Gasteiger partial charge in [-0.1, -0.05) is 0 Å². The molecule has 0 spiro atoms. The number of anilines is 2. The highest BCUT2D eigenvalue weighted by Crippen LogP contribution is 2.36. The quantitative estimate of drug-likeness (QED) is 0.224. The molecule has 0 unspecified atom stereocenters.